The second kappa shape index (κ2) is 4.81. The standard InChI is InChI=1S/C16H13FN2O/c1-11(20)18-19-15-8-7-14(17)9-13(15)10-16(19)12-5-3-2-4-6-12/h2-10H,1H3,(H,18,20). The number of halogens is 1. The summed E-state index contributed by atoms with van der Waals surface area (Å²) in [5, 5.41) is 0.748. The Kier molecular flexibility index (Phi) is 2.99. The summed E-state index contributed by atoms with van der Waals surface area (Å²) in [5.74, 6) is -0.471. The topological polar surface area (TPSA) is 34.0 Å². The van der Waals surface area contributed by atoms with Crippen LogP contribution in [0.4, 0.5) is 4.39 Å². The Morgan fingerprint density at radius 1 is 1.10 bits per heavy atom. The Labute approximate surface area is 115 Å². The van der Waals surface area contributed by atoms with Gasteiger partial charge in [0.1, 0.15) is 5.82 Å². The van der Waals surface area contributed by atoms with E-state index in [0.29, 0.717) is 0 Å². The molecule has 1 aromatic heterocycles. The van der Waals surface area contributed by atoms with E-state index >= 15 is 0 Å². The second-order valence-electron chi connectivity index (χ2n) is 4.60. The predicted molar refractivity (Wildman–Crippen MR) is 77.4 cm³/mol. The summed E-state index contributed by atoms with van der Waals surface area (Å²) in [6, 6.07) is 16.0. The zero-order valence-corrected chi connectivity index (χ0v) is 10.9. The van der Waals surface area contributed by atoms with Gasteiger partial charge >= 0.3 is 0 Å². The average Bonchev–Trinajstić information content (AvgIpc) is 2.77. The van der Waals surface area contributed by atoms with Crippen molar-refractivity contribution >= 4 is 16.8 Å². The molecule has 100 valence electrons. The highest BCUT2D eigenvalue weighted by Gasteiger charge is 2.12. The van der Waals surface area contributed by atoms with Crippen molar-refractivity contribution in [2.24, 2.45) is 0 Å². The zero-order chi connectivity index (χ0) is 14.1. The number of carbonyl (C=O) groups excluding carboxylic acids is 1. The van der Waals surface area contributed by atoms with E-state index in [2.05, 4.69) is 5.43 Å². The fourth-order valence-corrected chi connectivity index (χ4v) is 2.29. The number of carbonyl (C=O) groups is 1. The number of hydrogen-bond donors (Lipinski definition) is 1. The fourth-order valence-electron chi connectivity index (χ4n) is 2.29. The van der Waals surface area contributed by atoms with E-state index in [1.54, 1.807) is 10.7 Å². The number of benzene rings is 2. The first-order chi connectivity index (χ1) is 9.65. The van der Waals surface area contributed by atoms with Crippen molar-refractivity contribution in [3.05, 3.63) is 60.4 Å². The molecule has 0 bridgehead atoms. The summed E-state index contributed by atoms with van der Waals surface area (Å²) in [6.45, 7) is 1.45. The van der Waals surface area contributed by atoms with Crippen LogP contribution in [0.5, 0.6) is 0 Å². The van der Waals surface area contributed by atoms with Gasteiger partial charge in [0.25, 0.3) is 0 Å². The molecule has 1 heterocycles. The smallest absolute Gasteiger partial charge is 0.235 e. The number of nitrogens with zero attached hydrogens (tertiary/aromatic N) is 1. The molecule has 4 heteroatoms. The lowest BCUT2D eigenvalue weighted by Crippen LogP contribution is -2.20. The van der Waals surface area contributed by atoms with Crippen LogP contribution >= 0.6 is 0 Å². The van der Waals surface area contributed by atoms with Crippen LogP contribution in [0, 0.1) is 5.82 Å². The Bertz CT molecular complexity index is 778. The lowest BCUT2D eigenvalue weighted by atomic mass is 10.1. The van der Waals surface area contributed by atoms with Gasteiger partial charge in [0, 0.05) is 17.9 Å². The number of fused-ring (bicyclic) bond motifs is 1. The first-order valence-electron chi connectivity index (χ1n) is 6.29. The summed E-state index contributed by atoms with van der Waals surface area (Å²) < 4.78 is 15.0. The summed E-state index contributed by atoms with van der Waals surface area (Å²) in [4.78, 5) is 11.4. The van der Waals surface area contributed by atoms with Gasteiger partial charge in [-0.2, -0.15) is 0 Å². The van der Waals surface area contributed by atoms with Crippen LogP contribution in [0.3, 0.4) is 0 Å². The molecule has 2 aromatic carbocycles. The molecular weight excluding hydrogens is 255 g/mol. The largest absolute Gasteiger partial charge is 0.274 e. The highest BCUT2D eigenvalue weighted by molar-refractivity contribution is 5.91. The van der Waals surface area contributed by atoms with Crippen LogP contribution in [-0.4, -0.2) is 10.6 Å². The maximum atomic E-state index is 13.3. The highest BCUT2D eigenvalue weighted by atomic mass is 19.1. The fraction of sp³-hybridized carbons (Fsp3) is 0.0625. The molecule has 3 aromatic rings. The van der Waals surface area contributed by atoms with E-state index in [9.17, 15) is 9.18 Å². The zero-order valence-electron chi connectivity index (χ0n) is 10.9. The highest BCUT2D eigenvalue weighted by Crippen LogP contribution is 2.27. The third-order valence-electron chi connectivity index (χ3n) is 3.10. The van der Waals surface area contributed by atoms with E-state index in [-0.39, 0.29) is 11.7 Å². The van der Waals surface area contributed by atoms with Gasteiger partial charge in [0.15, 0.2) is 0 Å². The number of rotatable bonds is 2. The van der Waals surface area contributed by atoms with Crippen molar-refractivity contribution in [1.29, 1.82) is 0 Å². The molecule has 0 aliphatic rings. The Morgan fingerprint density at radius 3 is 2.55 bits per heavy atom. The molecular formula is C16H13FN2O. The van der Waals surface area contributed by atoms with E-state index in [0.717, 1.165) is 22.2 Å². The summed E-state index contributed by atoms with van der Waals surface area (Å²) in [6.07, 6.45) is 0. The van der Waals surface area contributed by atoms with Gasteiger partial charge in [-0.15, -0.1) is 0 Å². The molecule has 1 N–H and O–H groups in total. The third-order valence-corrected chi connectivity index (χ3v) is 3.10. The minimum absolute atomic E-state index is 0.177. The number of amides is 1. The van der Waals surface area contributed by atoms with E-state index in [1.165, 1.54) is 19.1 Å². The summed E-state index contributed by atoms with van der Waals surface area (Å²) in [7, 11) is 0. The Balaban J connectivity index is 2.27. The van der Waals surface area contributed by atoms with Crippen LogP contribution < -0.4 is 5.43 Å². The first kappa shape index (κ1) is 12.4. The predicted octanol–water partition coefficient (Wildman–Crippen LogP) is 3.54. The molecule has 0 saturated heterocycles. The number of hydrogen-bond acceptors (Lipinski definition) is 1. The van der Waals surface area contributed by atoms with Gasteiger partial charge in [0.2, 0.25) is 5.91 Å². The van der Waals surface area contributed by atoms with E-state index < -0.39 is 0 Å². The van der Waals surface area contributed by atoms with Crippen molar-refractivity contribution in [3.8, 4) is 11.3 Å². The Morgan fingerprint density at radius 2 is 1.85 bits per heavy atom. The molecule has 0 atom stereocenters. The molecule has 0 aliphatic heterocycles. The normalized spacial score (nSPS) is 10.7. The monoisotopic (exact) mass is 268 g/mol. The molecule has 0 radical (unpaired) electrons. The average molecular weight is 268 g/mol. The van der Waals surface area contributed by atoms with E-state index in [4.69, 9.17) is 0 Å². The molecule has 0 aliphatic carbocycles. The van der Waals surface area contributed by atoms with Gasteiger partial charge < -0.3 is 0 Å². The molecule has 20 heavy (non-hydrogen) atoms. The lowest BCUT2D eigenvalue weighted by Gasteiger charge is -2.10. The maximum Gasteiger partial charge on any atom is 0.235 e. The first-order valence-corrected chi connectivity index (χ1v) is 6.29. The van der Waals surface area contributed by atoms with Crippen LogP contribution in [0.1, 0.15) is 6.92 Å². The van der Waals surface area contributed by atoms with Gasteiger partial charge in [-0.3, -0.25) is 14.9 Å². The quantitative estimate of drug-likeness (QED) is 0.758. The third kappa shape index (κ3) is 2.16. The van der Waals surface area contributed by atoms with Crippen molar-refractivity contribution in [1.82, 2.24) is 4.68 Å². The van der Waals surface area contributed by atoms with Crippen LogP contribution in [0.25, 0.3) is 22.2 Å². The lowest BCUT2D eigenvalue weighted by molar-refractivity contribution is -0.115. The number of aromatic nitrogens is 1. The minimum Gasteiger partial charge on any atom is -0.274 e. The van der Waals surface area contributed by atoms with E-state index in [1.807, 2.05) is 36.4 Å². The molecule has 3 nitrogen and oxygen atoms in total. The molecule has 0 unspecified atom stereocenters. The number of nitrogens with one attached hydrogen (secondary N) is 1. The second-order valence-corrected chi connectivity index (χ2v) is 4.60. The van der Waals surface area contributed by atoms with Crippen molar-refractivity contribution < 1.29 is 9.18 Å². The van der Waals surface area contributed by atoms with Crippen LogP contribution in [0.2, 0.25) is 0 Å². The molecule has 0 spiro atoms. The van der Waals surface area contributed by atoms with Crippen LogP contribution in [-0.2, 0) is 4.79 Å². The molecule has 3 rings (SSSR count). The minimum atomic E-state index is -0.294. The molecule has 0 saturated carbocycles. The van der Waals surface area contributed by atoms with Gasteiger partial charge in [-0.1, -0.05) is 30.3 Å². The van der Waals surface area contributed by atoms with Crippen LogP contribution in [0.15, 0.2) is 54.6 Å². The molecule has 1 amide bonds. The summed E-state index contributed by atoms with van der Waals surface area (Å²) in [5.41, 5.74) is 5.31. The van der Waals surface area contributed by atoms with Gasteiger partial charge in [0.05, 0.1) is 11.2 Å². The van der Waals surface area contributed by atoms with Gasteiger partial charge in [-0.25, -0.2) is 4.39 Å². The Hall–Kier alpha value is -2.62. The van der Waals surface area contributed by atoms with Gasteiger partial charge in [-0.05, 0) is 24.3 Å². The summed E-state index contributed by atoms with van der Waals surface area (Å²) >= 11 is 0. The van der Waals surface area contributed by atoms with Crippen molar-refractivity contribution in [2.45, 2.75) is 6.92 Å². The van der Waals surface area contributed by atoms with Crippen molar-refractivity contribution in [3.63, 3.8) is 0 Å². The molecule has 0 fully saturated rings. The SMILES string of the molecule is CC(=O)Nn1c(-c2ccccc2)cc2cc(F)ccc21. The van der Waals surface area contributed by atoms with Crippen molar-refractivity contribution in [2.75, 3.05) is 5.43 Å². The maximum absolute atomic E-state index is 13.3.